The predicted octanol–water partition coefficient (Wildman–Crippen LogP) is 1.89. The number of nitrogens with zero attached hydrogens (tertiary/aromatic N) is 1. The van der Waals surface area contributed by atoms with Crippen LogP contribution >= 0.6 is 0 Å². The second-order valence-corrected chi connectivity index (χ2v) is 5.44. The van der Waals surface area contributed by atoms with Gasteiger partial charge in [-0.15, -0.1) is 0 Å². The number of piperidine rings is 1. The van der Waals surface area contributed by atoms with Crippen LogP contribution in [0.5, 0.6) is 0 Å². The number of methoxy groups -OCH3 is 1. The normalized spacial score (nSPS) is 23.3. The average Bonchev–Trinajstić information content (AvgIpc) is 2.47. The third-order valence-corrected chi connectivity index (χ3v) is 3.88. The van der Waals surface area contributed by atoms with Crippen molar-refractivity contribution in [1.29, 1.82) is 0 Å². The van der Waals surface area contributed by atoms with E-state index in [9.17, 15) is 9.59 Å². The maximum Gasteiger partial charge on any atom is 0.309 e. The second-order valence-electron chi connectivity index (χ2n) is 5.44. The first-order chi connectivity index (χ1) is 9.60. The fourth-order valence-electron chi connectivity index (χ4n) is 2.79. The van der Waals surface area contributed by atoms with Crippen LogP contribution in [0.15, 0.2) is 30.3 Å². The Morgan fingerprint density at radius 3 is 2.45 bits per heavy atom. The quantitative estimate of drug-likeness (QED) is 0.787. The molecule has 0 aliphatic carbocycles. The highest BCUT2D eigenvalue weighted by Gasteiger charge is 2.34. The molecule has 2 unspecified atom stereocenters. The van der Waals surface area contributed by atoms with Gasteiger partial charge in [0.2, 0.25) is 0 Å². The molecule has 1 heterocycles. The van der Waals surface area contributed by atoms with Crippen LogP contribution in [0.3, 0.4) is 0 Å². The summed E-state index contributed by atoms with van der Waals surface area (Å²) in [4.78, 5) is 25.6. The highest BCUT2D eigenvalue weighted by molar-refractivity contribution is 5.80. The van der Waals surface area contributed by atoms with Crippen molar-refractivity contribution in [1.82, 2.24) is 4.90 Å². The first kappa shape index (κ1) is 14.7. The molecule has 4 heteroatoms. The molecule has 20 heavy (non-hydrogen) atoms. The van der Waals surface area contributed by atoms with E-state index in [-0.39, 0.29) is 23.6 Å². The van der Waals surface area contributed by atoms with Gasteiger partial charge in [0, 0.05) is 25.6 Å². The van der Waals surface area contributed by atoms with Gasteiger partial charge in [0.15, 0.2) is 0 Å². The minimum atomic E-state index is -0.214. The smallest absolute Gasteiger partial charge is 0.309 e. The van der Waals surface area contributed by atoms with Crippen molar-refractivity contribution in [3.63, 3.8) is 0 Å². The van der Waals surface area contributed by atoms with Crippen molar-refractivity contribution in [2.24, 2.45) is 11.8 Å². The molecule has 2 atom stereocenters. The van der Waals surface area contributed by atoms with Crippen LogP contribution in [-0.2, 0) is 20.9 Å². The molecule has 108 valence electrons. The lowest BCUT2D eigenvalue weighted by Gasteiger charge is -2.35. The Hall–Kier alpha value is -1.68. The van der Waals surface area contributed by atoms with E-state index >= 15 is 0 Å². The van der Waals surface area contributed by atoms with Gasteiger partial charge in [0.05, 0.1) is 13.0 Å². The van der Waals surface area contributed by atoms with Crippen molar-refractivity contribution in [3.05, 3.63) is 35.9 Å². The summed E-state index contributed by atoms with van der Waals surface area (Å²) in [6.07, 6.45) is 0.604. The average molecular weight is 275 g/mol. The van der Waals surface area contributed by atoms with Gasteiger partial charge in [0.1, 0.15) is 5.78 Å². The Morgan fingerprint density at radius 1 is 1.20 bits per heavy atom. The van der Waals surface area contributed by atoms with Crippen LogP contribution < -0.4 is 0 Å². The molecule has 1 aromatic carbocycles. The van der Waals surface area contributed by atoms with Crippen LogP contribution in [-0.4, -0.2) is 36.9 Å². The molecule has 0 aromatic heterocycles. The maximum atomic E-state index is 11.8. The van der Waals surface area contributed by atoms with Crippen LogP contribution in [0.25, 0.3) is 0 Å². The number of hydrogen-bond donors (Lipinski definition) is 0. The number of Topliss-reactive ketones (excluding diaryl/α,β-unsaturated/α-hetero) is 1. The number of benzene rings is 1. The molecule has 1 aromatic rings. The number of esters is 1. The number of carbonyl (C=O) groups is 2. The van der Waals surface area contributed by atoms with E-state index in [2.05, 4.69) is 17.0 Å². The van der Waals surface area contributed by atoms with Crippen LogP contribution in [0.2, 0.25) is 0 Å². The number of rotatable bonds is 4. The standard InChI is InChI=1S/C16H21NO3/c1-12(18)14-8-15(16(19)20-2)11-17(10-14)9-13-6-4-3-5-7-13/h3-7,14-15H,8-11H2,1-2H3. The summed E-state index contributed by atoms with van der Waals surface area (Å²) in [6, 6.07) is 10.1. The van der Waals surface area contributed by atoms with E-state index in [0.29, 0.717) is 13.0 Å². The molecule has 0 bridgehead atoms. The number of likely N-dealkylation sites (tertiary alicyclic amines) is 1. The Balaban J connectivity index is 2.07. The summed E-state index contributed by atoms with van der Waals surface area (Å²) in [5.74, 6) is -0.339. The van der Waals surface area contributed by atoms with Crippen LogP contribution in [0, 0.1) is 11.8 Å². The molecular weight excluding hydrogens is 254 g/mol. The van der Waals surface area contributed by atoms with Gasteiger partial charge < -0.3 is 4.74 Å². The molecule has 2 rings (SSSR count). The fourth-order valence-corrected chi connectivity index (χ4v) is 2.79. The van der Waals surface area contributed by atoms with E-state index in [1.54, 1.807) is 6.92 Å². The summed E-state index contributed by atoms with van der Waals surface area (Å²) in [5, 5.41) is 0. The van der Waals surface area contributed by atoms with E-state index < -0.39 is 0 Å². The van der Waals surface area contributed by atoms with Gasteiger partial charge in [-0.05, 0) is 18.9 Å². The summed E-state index contributed by atoms with van der Waals surface area (Å²) in [6.45, 7) is 3.74. The maximum absolute atomic E-state index is 11.8. The van der Waals surface area contributed by atoms with Gasteiger partial charge in [-0.3, -0.25) is 14.5 Å². The summed E-state index contributed by atoms with van der Waals surface area (Å²) < 4.78 is 4.84. The Kier molecular flexibility index (Phi) is 4.90. The fraction of sp³-hybridized carbons (Fsp3) is 0.500. The van der Waals surface area contributed by atoms with Crippen LogP contribution in [0.1, 0.15) is 18.9 Å². The third-order valence-electron chi connectivity index (χ3n) is 3.88. The molecule has 0 N–H and O–H groups in total. The molecule has 4 nitrogen and oxygen atoms in total. The molecule has 0 saturated carbocycles. The van der Waals surface area contributed by atoms with Crippen molar-refractivity contribution in [2.75, 3.05) is 20.2 Å². The van der Waals surface area contributed by atoms with Gasteiger partial charge >= 0.3 is 5.97 Å². The van der Waals surface area contributed by atoms with Gasteiger partial charge in [0.25, 0.3) is 0 Å². The number of hydrogen-bond acceptors (Lipinski definition) is 4. The van der Waals surface area contributed by atoms with E-state index in [1.165, 1.54) is 12.7 Å². The molecule has 1 saturated heterocycles. The molecule has 1 aliphatic heterocycles. The van der Waals surface area contributed by atoms with Gasteiger partial charge in [-0.1, -0.05) is 30.3 Å². The zero-order valence-electron chi connectivity index (χ0n) is 12.0. The van der Waals surface area contributed by atoms with Crippen molar-refractivity contribution < 1.29 is 14.3 Å². The molecule has 1 aliphatic rings. The largest absolute Gasteiger partial charge is 0.469 e. The lowest BCUT2D eigenvalue weighted by molar-refractivity contribution is -0.148. The summed E-state index contributed by atoms with van der Waals surface area (Å²) in [5.41, 5.74) is 1.19. The monoisotopic (exact) mass is 275 g/mol. The van der Waals surface area contributed by atoms with Gasteiger partial charge in [-0.25, -0.2) is 0 Å². The van der Waals surface area contributed by atoms with Crippen molar-refractivity contribution in [3.8, 4) is 0 Å². The zero-order valence-corrected chi connectivity index (χ0v) is 12.0. The van der Waals surface area contributed by atoms with Gasteiger partial charge in [-0.2, -0.15) is 0 Å². The Morgan fingerprint density at radius 2 is 1.85 bits per heavy atom. The highest BCUT2D eigenvalue weighted by atomic mass is 16.5. The van der Waals surface area contributed by atoms with E-state index in [1.807, 2.05) is 18.2 Å². The first-order valence-electron chi connectivity index (χ1n) is 6.94. The third kappa shape index (κ3) is 3.67. The number of carbonyl (C=O) groups excluding carboxylic acids is 2. The molecule has 0 spiro atoms. The summed E-state index contributed by atoms with van der Waals surface area (Å²) in [7, 11) is 1.40. The minimum Gasteiger partial charge on any atom is -0.469 e. The summed E-state index contributed by atoms with van der Waals surface area (Å²) >= 11 is 0. The lowest BCUT2D eigenvalue weighted by Crippen LogP contribution is -2.45. The number of ether oxygens (including phenoxy) is 1. The molecular formula is C16H21NO3. The van der Waals surface area contributed by atoms with Crippen molar-refractivity contribution >= 4 is 11.8 Å². The van der Waals surface area contributed by atoms with E-state index in [0.717, 1.165) is 13.1 Å². The zero-order chi connectivity index (χ0) is 14.5. The topological polar surface area (TPSA) is 46.6 Å². The molecule has 0 amide bonds. The second kappa shape index (κ2) is 6.66. The first-order valence-corrected chi connectivity index (χ1v) is 6.94. The van der Waals surface area contributed by atoms with E-state index in [4.69, 9.17) is 4.74 Å². The Labute approximate surface area is 119 Å². The van der Waals surface area contributed by atoms with Crippen LogP contribution in [0.4, 0.5) is 0 Å². The lowest BCUT2D eigenvalue weighted by atomic mass is 9.86. The number of ketones is 1. The minimum absolute atomic E-state index is 0.0726. The SMILES string of the molecule is COC(=O)C1CC(C(C)=O)CN(Cc2ccccc2)C1. The highest BCUT2D eigenvalue weighted by Crippen LogP contribution is 2.25. The molecule has 1 fully saturated rings. The Bertz CT molecular complexity index is 472. The van der Waals surface area contributed by atoms with Crippen molar-refractivity contribution in [2.45, 2.75) is 19.9 Å². The predicted molar refractivity (Wildman–Crippen MR) is 76.0 cm³/mol. The molecule has 0 radical (unpaired) electrons.